The Morgan fingerprint density at radius 3 is 2.58 bits per heavy atom. The first kappa shape index (κ1) is 23.6. The van der Waals surface area contributed by atoms with Crippen molar-refractivity contribution in [3.05, 3.63) is 11.6 Å². The number of hydrogen-bond acceptors (Lipinski definition) is 4. The van der Waals surface area contributed by atoms with Crippen molar-refractivity contribution in [3.8, 4) is 0 Å². The summed E-state index contributed by atoms with van der Waals surface area (Å²) in [5.41, 5.74) is 2.04. The predicted molar refractivity (Wildman–Crippen MR) is 131 cm³/mol. The second-order valence-electron chi connectivity index (χ2n) is 12.6. The molecule has 1 heterocycles. The Morgan fingerprint density at radius 1 is 1.03 bits per heavy atom. The lowest BCUT2D eigenvalue weighted by Crippen LogP contribution is -2.51. The molecule has 184 valence electrons. The van der Waals surface area contributed by atoms with Gasteiger partial charge in [0.15, 0.2) is 0 Å². The third-order valence-electron chi connectivity index (χ3n) is 10.9. The molecule has 5 aliphatic rings. The molecule has 0 spiro atoms. The van der Waals surface area contributed by atoms with Gasteiger partial charge < -0.3 is 9.64 Å². The van der Waals surface area contributed by atoms with Crippen molar-refractivity contribution in [1.82, 2.24) is 4.90 Å². The van der Waals surface area contributed by atoms with Gasteiger partial charge in [-0.3, -0.25) is 9.59 Å². The first-order valence-electron chi connectivity index (χ1n) is 13.9. The standard InChI is InChI=1S/C29H45NO3/c1-20(31)24-9-10-25-23-8-7-21-19-22(33-27(32)13-18-30-16-5-4-6-17-30)11-14-28(21,2)26(23)12-15-29(24,25)3/h7,22-26H,4-6,8-19H2,1-3H3/t22-,23+,24+,25-,26+,28+,29-/m1/s1. The molecule has 0 aromatic carbocycles. The summed E-state index contributed by atoms with van der Waals surface area (Å²) in [5.74, 6) is 2.85. The number of ether oxygens (including phenoxy) is 1. The number of hydrogen-bond donors (Lipinski definition) is 0. The summed E-state index contributed by atoms with van der Waals surface area (Å²) in [5, 5.41) is 0. The third kappa shape index (κ3) is 4.23. The monoisotopic (exact) mass is 455 g/mol. The van der Waals surface area contributed by atoms with Crippen LogP contribution in [0.3, 0.4) is 0 Å². The van der Waals surface area contributed by atoms with Crippen molar-refractivity contribution in [3.63, 3.8) is 0 Å². The topological polar surface area (TPSA) is 46.6 Å². The Bertz CT molecular complexity index is 799. The smallest absolute Gasteiger partial charge is 0.307 e. The molecule has 0 N–H and O–H groups in total. The van der Waals surface area contributed by atoms with Gasteiger partial charge >= 0.3 is 5.97 Å². The van der Waals surface area contributed by atoms with Crippen molar-refractivity contribution >= 4 is 11.8 Å². The van der Waals surface area contributed by atoms with Crippen LogP contribution in [-0.2, 0) is 14.3 Å². The maximum absolute atomic E-state index is 12.6. The quantitative estimate of drug-likeness (QED) is 0.380. The van der Waals surface area contributed by atoms with E-state index >= 15 is 0 Å². The molecule has 7 atom stereocenters. The van der Waals surface area contributed by atoms with E-state index in [9.17, 15) is 9.59 Å². The number of allylic oxidation sites excluding steroid dienone is 1. The number of ketones is 1. The van der Waals surface area contributed by atoms with E-state index in [0.717, 1.165) is 63.6 Å². The second-order valence-corrected chi connectivity index (χ2v) is 12.6. The van der Waals surface area contributed by atoms with Gasteiger partial charge in [-0.25, -0.2) is 0 Å². The highest BCUT2D eigenvalue weighted by Gasteiger charge is 2.59. The van der Waals surface area contributed by atoms with Crippen LogP contribution >= 0.6 is 0 Å². The molecule has 5 rings (SSSR count). The maximum atomic E-state index is 12.6. The average molecular weight is 456 g/mol. The first-order chi connectivity index (χ1) is 15.8. The van der Waals surface area contributed by atoms with E-state index in [2.05, 4.69) is 24.8 Å². The summed E-state index contributed by atoms with van der Waals surface area (Å²) < 4.78 is 5.99. The van der Waals surface area contributed by atoms with Crippen LogP contribution in [0.1, 0.15) is 97.8 Å². The Morgan fingerprint density at radius 2 is 1.82 bits per heavy atom. The Hall–Kier alpha value is -1.16. The highest BCUT2D eigenvalue weighted by atomic mass is 16.5. The van der Waals surface area contributed by atoms with E-state index in [1.165, 1.54) is 38.5 Å². The summed E-state index contributed by atoms with van der Waals surface area (Å²) >= 11 is 0. The van der Waals surface area contributed by atoms with E-state index in [4.69, 9.17) is 4.74 Å². The highest BCUT2D eigenvalue weighted by Crippen LogP contribution is 2.66. The molecule has 0 aromatic rings. The molecule has 4 nitrogen and oxygen atoms in total. The van der Waals surface area contributed by atoms with Crippen LogP contribution in [-0.4, -0.2) is 42.4 Å². The largest absolute Gasteiger partial charge is 0.462 e. The number of piperidine rings is 1. The number of likely N-dealkylation sites (tertiary alicyclic amines) is 1. The van der Waals surface area contributed by atoms with Crippen LogP contribution in [0, 0.1) is 34.5 Å². The molecule has 0 bridgehead atoms. The lowest BCUT2D eigenvalue weighted by Gasteiger charge is -2.58. The van der Waals surface area contributed by atoms with Crippen molar-refractivity contribution in [1.29, 1.82) is 0 Å². The minimum atomic E-state index is -0.00174. The zero-order valence-corrected chi connectivity index (χ0v) is 21.2. The zero-order chi connectivity index (χ0) is 23.2. The molecular formula is C29H45NO3. The van der Waals surface area contributed by atoms with Gasteiger partial charge in [-0.2, -0.15) is 0 Å². The molecule has 4 aliphatic carbocycles. The summed E-state index contributed by atoms with van der Waals surface area (Å²) in [6.07, 6.45) is 16.0. The lowest BCUT2D eigenvalue weighted by atomic mass is 9.47. The number of nitrogens with zero attached hydrogens (tertiary/aromatic N) is 1. The maximum Gasteiger partial charge on any atom is 0.307 e. The van der Waals surface area contributed by atoms with Crippen molar-refractivity contribution in [2.24, 2.45) is 34.5 Å². The van der Waals surface area contributed by atoms with Gasteiger partial charge in [-0.1, -0.05) is 31.9 Å². The molecule has 1 saturated heterocycles. The number of rotatable bonds is 5. The van der Waals surface area contributed by atoms with E-state index in [0.29, 0.717) is 18.1 Å². The van der Waals surface area contributed by atoms with Crippen LogP contribution in [0.25, 0.3) is 0 Å². The molecule has 4 fully saturated rings. The molecule has 3 saturated carbocycles. The summed E-state index contributed by atoms with van der Waals surface area (Å²) in [6, 6.07) is 0. The Kier molecular flexibility index (Phi) is 6.52. The van der Waals surface area contributed by atoms with Gasteiger partial charge in [0.05, 0.1) is 6.42 Å². The van der Waals surface area contributed by atoms with Gasteiger partial charge in [-0.05, 0) is 106 Å². The molecule has 0 radical (unpaired) electrons. The number of carbonyl (C=O) groups excluding carboxylic acids is 2. The van der Waals surface area contributed by atoms with Crippen LogP contribution in [0.4, 0.5) is 0 Å². The number of fused-ring (bicyclic) bond motifs is 5. The third-order valence-corrected chi connectivity index (χ3v) is 10.9. The van der Waals surface area contributed by atoms with Gasteiger partial charge in [-0.15, -0.1) is 0 Å². The average Bonchev–Trinajstić information content (AvgIpc) is 3.16. The second kappa shape index (κ2) is 9.13. The fourth-order valence-electron chi connectivity index (χ4n) is 9.07. The van der Waals surface area contributed by atoms with Gasteiger partial charge in [0.1, 0.15) is 11.9 Å². The van der Waals surface area contributed by atoms with E-state index in [1.807, 2.05) is 6.92 Å². The molecule has 4 heteroatoms. The molecule has 0 aromatic heterocycles. The van der Waals surface area contributed by atoms with E-state index in [-0.39, 0.29) is 28.8 Å². The molecule has 1 aliphatic heterocycles. The van der Waals surface area contributed by atoms with Crippen LogP contribution < -0.4 is 0 Å². The van der Waals surface area contributed by atoms with Crippen molar-refractivity contribution < 1.29 is 14.3 Å². The number of esters is 1. The normalized spacial score (nSPS) is 43.1. The summed E-state index contributed by atoms with van der Waals surface area (Å²) in [7, 11) is 0. The number of carbonyl (C=O) groups is 2. The van der Waals surface area contributed by atoms with Crippen LogP contribution in [0.5, 0.6) is 0 Å². The van der Waals surface area contributed by atoms with Gasteiger partial charge in [0, 0.05) is 18.9 Å². The zero-order valence-electron chi connectivity index (χ0n) is 21.2. The minimum absolute atomic E-state index is 0.00174. The van der Waals surface area contributed by atoms with E-state index < -0.39 is 0 Å². The molecular weight excluding hydrogens is 410 g/mol. The van der Waals surface area contributed by atoms with Gasteiger partial charge in [0.25, 0.3) is 0 Å². The fourth-order valence-corrected chi connectivity index (χ4v) is 9.07. The highest BCUT2D eigenvalue weighted by molar-refractivity contribution is 5.79. The number of Topliss-reactive ketones (excluding diaryl/α,β-unsaturated/α-hetero) is 1. The SMILES string of the molecule is CC(=O)[C@@H]1CC[C@@H]2[C@@H]3CC=C4C[C@H](OC(=O)CCN5CCCCC5)CC[C@]4(C)[C@H]3CC[C@@]21C. The molecule has 0 unspecified atom stereocenters. The van der Waals surface area contributed by atoms with Crippen LogP contribution in [0.2, 0.25) is 0 Å². The summed E-state index contributed by atoms with van der Waals surface area (Å²) in [4.78, 5) is 27.4. The fraction of sp³-hybridized carbons (Fsp3) is 0.862. The summed E-state index contributed by atoms with van der Waals surface area (Å²) in [6.45, 7) is 9.88. The lowest BCUT2D eigenvalue weighted by molar-refractivity contribution is -0.152. The molecule has 0 amide bonds. The first-order valence-corrected chi connectivity index (χ1v) is 13.9. The van der Waals surface area contributed by atoms with Crippen molar-refractivity contribution in [2.75, 3.05) is 19.6 Å². The Balaban J connectivity index is 1.21. The van der Waals surface area contributed by atoms with Crippen molar-refractivity contribution in [2.45, 2.75) is 104 Å². The predicted octanol–water partition coefficient (Wildman–Crippen LogP) is 5.94. The van der Waals surface area contributed by atoms with Gasteiger partial charge in [0.2, 0.25) is 0 Å². The molecule has 33 heavy (non-hydrogen) atoms. The minimum Gasteiger partial charge on any atom is -0.462 e. The van der Waals surface area contributed by atoms with Crippen LogP contribution in [0.15, 0.2) is 11.6 Å². The van der Waals surface area contributed by atoms with E-state index in [1.54, 1.807) is 5.57 Å². The Labute approximate surface area is 200 Å².